The molecule has 2 N–H and O–H groups in total. The minimum Gasteiger partial charge on any atom is -0.494 e. The molecule has 0 saturated carbocycles. The van der Waals surface area contributed by atoms with Gasteiger partial charge in [0.15, 0.2) is 5.78 Å². The van der Waals surface area contributed by atoms with Crippen LogP contribution in [0.1, 0.15) is 29.4 Å². The second-order valence-corrected chi connectivity index (χ2v) is 4.99. The first-order valence-corrected chi connectivity index (χ1v) is 6.63. The van der Waals surface area contributed by atoms with Crippen LogP contribution in [0.3, 0.4) is 0 Å². The molecule has 1 aliphatic rings. The number of Topliss-reactive ketones (excluding diaryl/α,β-unsaturated/α-hetero) is 1. The van der Waals surface area contributed by atoms with E-state index in [1.807, 2.05) is 25.1 Å². The molecule has 1 unspecified atom stereocenters. The van der Waals surface area contributed by atoms with Crippen molar-refractivity contribution in [3.05, 3.63) is 29.5 Å². The van der Waals surface area contributed by atoms with Crippen molar-refractivity contribution in [3.8, 4) is 5.75 Å². The summed E-state index contributed by atoms with van der Waals surface area (Å²) in [5.74, 6) is -0.944. The number of nitrogens with one attached hydrogen (secondary N) is 1. The van der Waals surface area contributed by atoms with Gasteiger partial charge in [0.2, 0.25) is 0 Å². The molecule has 0 aliphatic heterocycles. The molecule has 1 aromatic carbocycles. The fraction of sp³-hybridized carbons (Fsp3) is 0.333. The summed E-state index contributed by atoms with van der Waals surface area (Å²) < 4.78 is 5.45. The van der Waals surface area contributed by atoms with Gasteiger partial charge >= 0.3 is 5.97 Å². The Hall–Kier alpha value is -2.30. The lowest BCUT2D eigenvalue weighted by atomic mass is 9.86. The predicted octanol–water partition coefficient (Wildman–Crippen LogP) is 2.40. The zero-order chi connectivity index (χ0) is 14.3. The Labute approximate surface area is 115 Å². The largest absolute Gasteiger partial charge is 0.494 e. The lowest BCUT2D eigenvalue weighted by Gasteiger charge is -2.17. The quantitative estimate of drug-likeness (QED) is 0.900. The molecule has 0 fully saturated rings. The van der Waals surface area contributed by atoms with Crippen LogP contribution in [0.5, 0.6) is 5.75 Å². The number of fused-ring (bicyclic) bond motifs is 3. The SMILES string of the molecule is CCOc1ccc2[nH]c3c(c2c1)C(=O)CC(C(=O)O)C3. The summed E-state index contributed by atoms with van der Waals surface area (Å²) in [6.07, 6.45) is 0.434. The molecule has 0 saturated heterocycles. The molecule has 0 bridgehead atoms. The number of hydrogen-bond donors (Lipinski definition) is 2. The van der Waals surface area contributed by atoms with Crippen LogP contribution in [0.15, 0.2) is 18.2 Å². The first-order valence-electron chi connectivity index (χ1n) is 6.63. The molecule has 1 heterocycles. The number of carbonyl (C=O) groups excluding carboxylic acids is 1. The normalized spacial score (nSPS) is 18.1. The van der Waals surface area contributed by atoms with Gasteiger partial charge in [0.1, 0.15) is 5.75 Å². The van der Waals surface area contributed by atoms with Crippen molar-refractivity contribution < 1.29 is 19.4 Å². The summed E-state index contributed by atoms with van der Waals surface area (Å²) in [5, 5.41) is 9.90. The monoisotopic (exact) mass is 273 g/mol. The molecule has 2 aromatic rings. The van der Waals surface area contributed by atoms with E-state index in [0.29, 0.717) is 18.6 Å². The van der Waals surface area contributed by atoms with Gasteiger partial charge in [0.25, 0.3) is 0 Å². The summed E-state index contributed by atoms with van der Waals surface area (Å²) >= 11 is 0. The highest BCUT2D eigenvalue weighted by atomic mass is 16.5. The third kappa shape index (κ3) is 1.95. The van der Waals surface area contributed by atoms with Crippen LogP contribution in [0.4, 0.5) is 0 Å². The maximum atomic E-state index is 12.2. The van der Waals surface area contributed by atoms with E-state index in [0.717, 1.165) is 22.3 Å². The van der Waals surface area contributed by atoms with E-state index in [1.165, 1.54) is 0 Å². The molecule has 5 nitrogen and oxygen atoms in total. The number of aromatic amines is 1. The smallest absolute Gasteiger partial charge is 0.307 e. The number of carbonyl (C=O) groups is 2. The molecule has 0 spiro atoms. The Bertz CT molecular complexity index is 701. The second-order valence-electron chi connectivity index (χ2n) is 4.99. The minimum atomic E-state index is -0.919. The highest BCUT2D eigenvalue weighted by molar-refractivity contribution is 6.11. The van der Waals surface area contributed by atoms with Gasteiger partial charge in [-0.2, -0.15) is 0 Å². The van der Waals surface area contributed by atoms with Gasteiger partial charge < -0.3 is 14.8 Å². The molecule has 1 aromatic heterocycles. The third-order valence-electron chi connectivity index (χ3n) is 3.67. The molecule has 1 atom stereocenters. The lowest BCUT2D eigenvalue weighted by molar-refractivity contribution is -0.141. The predicted molar refractivity (Wildman–Crippen MR) is 73.2 cm³/mol. The molecular weight excluding hydrogens is 258 g/mol. The first kappa shape index (κ1) is 12.7. The van der Waals surface area contributed by atoms with Crippen molar-refractivity contribution in [2.24, 2.45) is 5.92 Å². The van der Waals surface area contributed by atoms with E-state index in [2.05, 4.69) is 4.98 Å². The number of aliphatic carboxylic acids is 1. The van der Waals surface area contributed by atoms with E-state index in [1.54, 1.807) is 0 Å². The summed E-state index contributed by atoms with van der Waals surface area (Å²) in [4.78, 5) is 26.5. The summed E-state index contributed by atoms with van der Waals surface area (Å²) in [5.41, 5.74) is 2.19. The number of H-pyrrole nitrogens is 1. The van der Waals surface area contributed by atoms with Gasteiger partial charge in [-0.15, -0.1) is 0 Å². The van der Waals surface area contributed by atoms with Gasteiger partial charge in [-0.1, -0.05) is 0 Å². The number of carboxylic acid groups (broad SMARTS) is 1. The number of hydrogen-bond acceptors (Lipinski definition) is 3. The van der Waals surface area contributed by atoms with E-state index >= 15 is 0 Å². The van der Waals surface area contributed by atoms with Gasteiger partial charge in [0.05, 0.1) is 12.5 Å². The van der Waals surface area contributed by atoms with Crippen LogP contribution in [-0.4, -0.2) is 28.4 Å². The Morgan fingerprint density at radius 2 is 2.25 bits per heavy atom. The average Bonchev–Trinajstić information content (AvgIpc) is 2.77. The highest BCUT2D eigenvalue weighted by Gasteiger charge is 2.32. The van der Waals surface area contributed by atoms with E-state index < -0.39 is 11.9 Å². The van der Waals surface area contributed by atoms with Crippen LogP contribution < -0.4 is 4.74 Å². The van der Waals surface area contributed by atoms with Crippen LogP contribution >= 0.6 is 0 Å². The molecule has 1 aliphatic carbocycles. The van der Waals surface area contributed by atoms with Crippen molar-refractivity contribution in [2.45, 2.75) is 19.8 Å². The van der Waals surface area contributed by atoms with E-state index in [4.69, 9.17) is 9.84 Å². The van der Waals surface area contributed by atoms with Crippen molar-refractivity contribution in [2.75, 3.05) is 6.61 Å². The number of benzene rings is 1. The van der Waals surface area contributed by atoms with Gasteiger partial charge in [-0.3, -0.25) is 9.59 Å². The van der Waals surface area contributed by atoms with Crippen molar-refractivity contribution in [1.82, 2.24) is 4.98 Å². The van der Waals surface area contributed by atoms with Gasteiger partial charge in [-0.25, -0.2) is 0 Å². The van der Waals surface area contributed by atoms with Crippen LogP contribution in [0.25, 0.3) is 10.9 Å². The molecule has 3 rings (SSSR count). The van der Waals surface area contributed by atoms with Crippen LogP contribution in [0, 0.1) is 5.92 Å². The van der Waals surface area contributed by atoms with Crippen molar-refractivity contribution >= 4 is 22.7 Å². The summed E-state index contributed by atoms with van der Waals surface area (Å²) in [6.45, 7) is 2.46. The average molecular weight is 273 g/mol. The van der Waals surface area contributed by atoms with Crippen LogP contribution in [-0.2, 0) is 11.2 Å². The zero-order valence-electron chi connectivity index (χ0n) is 11.1. The van der Waals surface area contributed by atoms with Crippen molar-refractivity contribution in [3.63, 3.8) is 0 Å². The van der Waals surface area contributed by atoms with E-state index in [-0.39, 0.29) is 12.2 Å². The molecule has 0 amide bonds. The lowest BCUT2D eigenvalue weighted by Crippen LogP contribution is -2.25. The topological polar surface area (TPSA) is 79.4 Å². The van der Waals surface area contributed by atoms with Gasteiger partial charge in [-0.05, 0) is 25.1 Å². The van der Waals surface area contributed by atoms with Crippen LogP contribution in [0.2, 0.25) is 0 Å². The number of carboxylic acids is 1. The first-order chi connectivity index (χ1) is 9.60. The molecule has 0 radical (unpaired) electrons. The van der Waals surface area contributed by atoms with Gasteiger partial charge in [0, 0.05) is 35.0 Å². The Morgan fingerprint density at radius 3 is 2.95 bits per heavy atom. The number of ketones is 1. The molecule has 104 valence electrons. The van der Waals surface area contributed by atoms with Crippen molar-refractivity contribution in [1.29, 1.82) is 0 Å². The van der Waals surface area contributed by atoms with E-state index in [9.17, 15) is 9.59 Å². The maximum Gasteiger partial charge on any atom is 0.307 e. The minimum absolute atomic E-state index is 0.0636. The summed E-state index contributed by atoms with van der Waals surface area (Å²) in [6, 6.07) is 5.54. The second kappa shape index (κ2) is 4.67. The Kier molecular flexibility index (Phi) is 2.97. The third-order valence-corrected chi connectivity index (χ3v) is 3.67. The highest BCUT2D eigenvalue weighted by Crippen LogP contribution is 2.33. The zero-order valence-corrected chi connectivity index (χ0v) is 11.1. The molecule has 5 heteroatoms. The number of ether oxygens (including phenoxy) is 1. The molecular formula is C15H15NO4. The Balaban J connectivity index is 2.11. The number of rotatable bonds is 3. The Morgan fingerprint density at radius 1 is 1.45 bits per heavy atom. The standard InChI is InChI=1S/C15H15NO4/c1-2-20-9-3-4-11-10(7-9)14-12(16-11)5-8(15(18)19)6-13(14)17/h3-4,7-8,16H,2,5-6H2,1H3,(H,18,19). The maximum absolute atomic E-state index is 12.2. The fourth-order valence-corrected chi connectivity index (χ4v) is 2.77. The number of aromatic nitrogens is 1. The molecule has 20 heavy (non-hydrogen) atoms. The summed E-state index contributed by atoms with van der Waals surface area (Å²) in [7, 11) is 0. The fourth-order valence-electron chi connectivity index (χ4n) is 2.77.